The zero-order valence-corrected chi connectivity index (χ0v) is 15.0. The highest BCUT2D eigenvalue weighted by Gasteiger charge is 2.19. The predicted octanol–water partition coefficient (Wildman–Crippen LogP) is 3.74. The van der Waals surface area contributed by atoms with E-state index < -0.39 is 6.10 Å². The van der Waals surface area contributed by atoms with E-state index in [0.717, 1.165) is 28.2 Å². The van der Waals surface area contributed by atoms with Crippen LogP contribution >= 0.6 is 0 Å². The Morgan fingerprint density at radius 2 is 1.62 bits per heavy atom. The maximum Gasteiger partial charge on any atom is 0.263 e. The van der Waals surface area contributed by atoms with Gasteiger partial charge in [0.05, 0.1) is 7.11 Å². The van der Waals surface area contributed by atoms with Crippen LogP contribution in [0.15, 0.2) is 42.5 Å². The number of aryl methyl sites for hydroxylation is 2. The summed E-state index contributed by atoms with van der Waals surface area (Å²) in [6.45, 7) is 6.35. The smallest absolute Gasteiger partial charge is 0.263 e. The third-order valence-electron chi connectivity index (χ3n) is 3.81. The third-order valence-corrected chi connectivity index (χ3v) is 3.81. The first kappa shape index (κ1) is 17.9. The molecular weight excluding hydrogens is 302 g/mol. The van der Waals surface area contributed by atoms with Gasteiger partial charge in [0.2, 0.25) is 0 Å². The minimum absolute atomic E-state index is 0.0509. The van der Waals surface area contributed by atoms with Gasteiger partial charge in [-0.1, -0.05) is 18.2 Å². The Labute approximate surface area is 144 Å². The maximum absolute atomic E-state index is 12.5. The van der Waals surface area contributed by atoms with E-state index in [9.17, 15) is 4.79 Å². The summed E-state index contributed by atoms with van der Waals surface area (Å²) in [5.74, 6) is 1.48. The standard InChI is InChI=1S/C20H25NO3/c1-14-10-15(2)12-19(11-14)24-16(3)20(22)21(4)13-17-6-8-18(23-5)9-7-17/h6-12,16H,13H2,1-5H3/t16-/m1/s1. The van der Waals surface area contributed by atoms with Crippen molar-refractivity contribution in [1.82, 2.24) is 4.90 Å². The van der Waals surface area contributed by atoms with Gasteiger partial charge in [-0.15, -0.1) is 0 Å². The van der Waals surface area contributed by atoms with Gasteiger partial charge in [-0.25, -0.2) is 0 Å². The molecule has 0 spiro atoms. The van der Waals surface area contributed by atoms with E-state index in [4.69, 9.17) is 9.47 Å². The Bertz CT molecular complexity index is 674. The lowest BCUT2D eigenvalue weighted by atomic mass is 10.1. The number of rotatable bonds is 6. The van der Waals surface area contributed by atoms with Crippen molar-refractivity contribution in [2.75, 3.05) is 14.2 Å². The molecule has 0 aromatic heterocycles. The van der Waals surface area contributed by atoms with Crippen molar-refractivity contribution >= 4 is 5.91 Å². The molecule has 0 N–H and O–H groups in total. The van der Waals surface area contributed by atoms with Gasteiger partial charge in [0, 0.05) is 13.6 Å². The summed E-state index contributed by atoms with van der Waals surface area (Å²) in [6.07, 6.45) is -0.533. The number of hydrogen-bond acceptors (Lipinski definition) is 3. The molecule has 4 nitrogen and oxygen atoms in total. The van der Waals surface area contributed by atoms with Gasteiger partial charge in [-0.05, 0) is 61.7 Å². The van der Waals surface area contributed by atoms with Crippen LogP contribution in [0.1, 0.15) is 23.6 Å². The van der Waals surface area contributed by atoms with Gasteiger partial charge >= 0.3 is 0 Å². The van der Waals surface area contributed by atoms with Crippen LogP contribution in [0, 0.1) is 13.8 Å². The molecule has 1 amide bonds. The Balaban J connectivity index is 1.98. The van der Waals surface area contributed by atoms with Crippen molar-refractivity contribution in [3.8, 4) is 11.5 Å². The summed E-state index contributed by atoms with van der Waals surface area (Å²) < 4.78 is 11.0. The highest BCUT2D eigenvalue weighted by Crippen LogP contribution is 2.18. The number of carbonyl (C=O) groups excluding carboxylic acids is 1. The van der Waals surface area contributed by atoms with Crippen molar-refractivity contribution in [2.24, 2.45) is 0 Å². The Kier molecular flexibility index (Phi) is 5.85. The van der Waals surface area contributed by atoms with E-state index in [-0.39, 0.29) is 5.91 Å². The zero-order valence-electron chi connectivity index (χ0n) is 15.0. The topological polar surface area (TPSA) is 38.8 Å². The molecule has 0 saturated heterocycles. The minimum Gasteiger partial charge on any atom is -0.497 e. The van der Waals surface area contributed by atoms with Crippen LogP contribution in [0.4, 0.5) is 0 Å². The van der Waals surface area contributed by atoms with E-state index in [0.29, 0.717) is 6.54 Å². The maximum atomic E-state index is 12.5. The second-order valence-electron chi connectivity index (χ2n) is 6.13. The molecule has 0 bridgehead atoms. The molecule has 0 aliphatic carbocycles. The van der Waals surface area contributed by atoms with E-state index in [2.05, 4.69) is 6.07 Å². The second kappa shape index (κ2) is 7.86. The van der Waals surface area contributed by atoms with Gasteiger partial charge in [-0.2, -0.15) is 0 Å². The lowest BCUT2D eigenvalue weighted by Crippen LogP contribution is -2.37. The van der Waals surface area contributed by atoms with Crippen LogP contribution in [0.5, 0.6) is 11.5 Å². The summed E-state index contributed by atoms with van der Waals surface area (Å²) in [4.78, 5) is 14.2. The summed E-state index contributed by atoms with van der Waals surface area (Å²) in [5.41, 5.74) is 3.29. The third kappa shape index (κ3) is 4.75. The van der Waals surface area contributed by atoms with Crippen LogP contribution in [-0.4, -0.2) is 31.1 Å². The SMILES string of the molecule is COc1ccc(CN(C)C(=O)[C@@H](C)Oc2cc(C)cc(C)c2)cc1. The van der Waals surface area contributed by atoms with Gasteiger partial charge in [0.25, 0.3) is 5.91 Å². The summed E-state index contributed by atoms with van der Waals surface area (Å²) in [6, 6.07) is 13.7. The van der Waals surface area contributed by atoms with Crippen LogP contribution in [0.3, 0.4) is 0 Å². The van der Waals surface area contributed by atoms with Gasteiger partial charge in [0.1, 0.15) is 11.5 Å². The average Bonchev–Trinajstić information content (AvgIpc) is 2.53. The van der Waals surface area contributed by atoms with Gasteiger partial charge < -0.3 is 14.4 Å². The number of amides is 1. The monoisotopic (exact) mass is 327 g/mol. The van der Waals surface area contributed by atoms with Crippen molar-refractivity contribution < 1.29 is 14.3 Å². The Hall–Kier alpha value is -2.49. The highest BCUT2D eigenvalue weighted by molar-refractivity contribution is 5.80. The molecular formula is C20H25NO3. The average molecular weight is 327 g/mol. The molecule has 128 valence electrons. The van der Waals surface area contributed by atoms with E-state index in [1.807, 2.05) is 50.2 Å². The Morgan fingerprint density at radius 3 is 2.17 bits per heavy atom. The van der Waals surface area contributed by atoms with Crippen molar-refractivity contribution in [2.45, 2.75) is 33.4 Å². The van der Waals surface area contributed by atoms with Crippen LogP contribution in [0.25, 0.3) is 0 Å². The van der Waals surface area contributed by atoms with Gasteiger partial charge in [-0.3, -0.25) is 4.79 Å². The molecule has 0 aliphatic heterocycles. The highest BCUT2D eigenvalue weighted by atomic mass is 16.5. The molecule has 0 aliphatic rings. The number of benzene rings is 2. The fourth-order valence-corrected chi connectivity index (χ4v) is 2.65. The molecule has 4 heteroatoms. The first-order chi connectivity index (χ1) is 11.4. The van der Waals surface area contributed by atoms with Crippen molar-refractivity contribution in [3.63, 3.8) is 0 Å². The fraction of sp³-hybridized carbons (Fsp3) is 0.350. The number of ether oxygens (including phenoxy) is 2. The number of carbonyl (C=O) groups is 1. The molecule has 24 heavy (non-hydrogen) atoms. The molecule has 0 heterocycles. The van der Waals surface area contributed by atoms with Crippen LogP contribution < -0.4 is 9.47 Å². The van der Waals surface area contributed by atoms with Crippen LogP contribution in [-0.2, 0) is 11.3 Å². The van der Waals surface area contributed by atoms with Crippen molar-refractivity contribution in [1.29, 1.82) is 0 Å². The minimum atomic E-state index is -0.533. The number of hydrogen-bond donors (Lipinski definition) is 0. The van der Waals surface area contributed by atoms with Gasteiger partial charge in [0.15, 0.2) is 6.10 Å². The summed E-state index contributed by atoms with van der Waals surface area (Å²) in [5, 5.41) is 0. The lowest BCUT2D eigenvalue weighted by Gasteiger charge is -2.22. The molecule has 2 aromatic rings. The quantitative estimate of drug-likeness (QED) is 0.811. The molecule has 0 unspecified atom stereocenters. The molecule has 2 rings (SSSR count). The normalized spacial score (nSPS) is 11.7. The molecule has 2 aromatic carbocycles. The van der Waals surface area contributed by atoms with E-state index in [1.54, 1.807) is 26.0 Å². The lowest BCUT2D eigenvalue weighted by molar-refractivity contribution is -0.137. The zero-order chi connectivity index (χ0) is 17.7. The first-order valence-corrected chi connectivity index (χ1v) is 8.02. The summed E-state index contributed by atoms with van der Waals surface area (Å²) in [7, 11) is 3.42. The number of nitrogens with zero attached hydrogens (tertiary/aromatic N) is 1. The number of likely N-dealkylation sites (N-methyl/N-ethyl adjacent to an activating group) is 1. The van der Waals surface area contributed by atoms with E-state index in [1.165, 1.54) is 0 Å². The largest absolute Gasteiger partial charge is 0.497 e. The van der Waals surface area contributed by atoms with Crippen molar-refractivity contribution in [3.05, 3.63) is 59.2 Å². The first-order valence-electron chi connectivity index (χ1n) is 8.02. The molecule has 1 atom stereocenters. The fourth-order valence-electron chi connectivity index (χ4n) is 2.65. The molecule has 0 saturated carbocycles. The second-order valence-corrected chi connectivity index (χ2v) is 6.13. The summed E-state index contributed by atoms with van der Waals surface area (Å²) >= 11 is 0. The number of methoxy groups -OCH3 is 1. The predicted molar refractivity (Wildman–Crippen MR) is 95.5 cm³/mol. The Morgan fingerprint density at radius 1 is 1.04 bits per heavy atom. The molecule has 0 radical (unpaired) electrons. The van der Waals surface area contributed by atoms with E-state index >= 15 is 0 Å². The van der Waals surface area contributed by atoms with Crippen LogP contribution in [0.2, 0.25) is 0 Å². The molecule has 0 fully saturated rings.